The van der Waals surface area contributed by atoms with Crippen molar-refractivity contribution in [3.8, 4) is 5.75 Å². The van der Waals surface area contributed by atoms with E-state index in [1.807, 2.05) is 38.4 Å². The van der Waals surface area contributed by atoms with Crippen molar-refractivity contribution < 1.29 is 14.3 Å². The lowest BCUT2D eigenvalue weighted by molar-refractivity contribution is -0.120. The average Bonchev–Trinajstić information content (AvgIpc) is 2.54. The Morgan fingerprint density at radius 2 is 2.14 bits per heavy atom. The van der Waals surface area contributed by atoms with Crippen molar-refractivity contribution in [1.82, 2.24) is 4.90 Å². The molecule has 0 spiro atoms. The Morgan fingerprint density at radius 3 is 2.73 bits per heavy atom. The molecule has 4 heteroatoms. The van der Waals surface area contributed by atoms with Gasteiger partial charge in [0.05, 0.1) is 12.5 Å². The topological polar surface area (TPSA) is 46.6 Å². The van der Waals surface area contributed by atoms with Crippen molar-refractivity contribution in [2.24, 2.45) is 11.8 Å². The molecule has 3 atom stereocenters. The van der Waals surface area contributed by atoms with Crippen LogP contribution in [-0.4, -0.2) is 45.2 Å². The molecule has 1 aliphatic rings. The maximum atomic E-state index is 12.1. The smallest absolute Gasteiger partial charge is 0.130 e. The van der Waals surface area contributed by atoms with Gasteiger partial charge in [0, 0.05) is 12.5 Å². The summed E-state index contributed by atoms with van der Waals surface area (Å²) >= 11 is 0. The third-order valence-corrected chi connectivity index (χ3v) is 4.84. The SMILES string of the molecule is COc1cccc(C2(C=O)CCC(C=O)CC2CN(C)C)c1. The Hall–Kier alpha value is -1.68. The number of ether oxygens (including phenoxy) is 1. The molecule has 22 heavy (non-hydrogen) atoms. The van der Waals surface area contributed by atoms with E-state index in [2.05, 4.69) is 4.90 Å². The summed E-state index contributed by atoms with van der Waals surface area (Å²) < 4.78 is 5.31. The number of hydrogen-bond donors (Lipinski definition) is 0. The lowest BCUT2D eigenvalue weighted by atomic mass is 9.61. The van der Waals surface area contributed by atoms with Gasteiger partial charge in [-0.05, 0) is 57.0 Å². The van der Waals surface area contributed by atoms with Crippen molar-refractivity contribution in [2.45, 2.75) is 24.7 Å². The molecule has 0 heterocycles. The molecule has 0 radical (unpaired) electrons. The summed E-state index contributed by atoms with van der Waals surface area (Å²) in [5.41, 5.74) is 0.469. The molecule has 1 aromatic carbocycles. The molecule has 3 unspecified atom stereocenters. The number of hydrogen-bond acceptors (Lipinski definition) is 4. The van der Waals surface area contributed by atoms with Gasteiger partial charge in [-0.2, -0.15) is 0 Å². The van der Waals surface area contributed by atoms with Crippen LogP contribution in [0.25, 0.3) is 0 Å². The van der Waals surface area contributed by atoms with Crippen LogP contribution in [0.2, 0.25) is 0 Å². The first-order valence-corrected chi connectivity index (χ1v) is 7.76. The molecular formula is C18H25NO3. The fraction of sp³-hybridized carbons (Fsp3) is 0.556. The van der Waals surface area contributed by atoms with Crippen LogP contribution in [0.5, 0.6) is 5.75 Å². The molecule has 0 saturated heterocycles. The predicted octanol–water partition coefficient (Wildman–Crippen LogP) is 2.31. The van der Waals surface area contributed by atoms with Gasteiger partial charge in [0.15, 0.2) is 0 Å². The maximum absolute atomic E-state index is 12.1. The number of carbonyl (C=O) groups excluding carboxylic acids is 2. The van der Waals surface area contributed by atoms with Crippen molar-refractivity contribution >= 4 is 12.6 Å². The third-order valence-electron chi connectivity index (χ3n) is 4.84. The molecule has 2 rings (SSSR count). The summed E-state index contributed by atoms with van der Waals surface area (Å²) in [6, 6.07) is 7.77. The van der Waals surface area contributed by atoms with Gasteiger partial charge in [-0.25, -0.2) is 0 Å². The van der Waals surface area contributed by atoms with E-state index in [1.54, 1.807) is 7.11 Å². The third kappa shape index (κ3) is 3.22. The van der Waals surface area contributed by atoms with Gasteiger partial charge in [0.25, 0.3) is 0 Å². The van der Waals surface area contributed by atoms with Crippen molar-refractivity contribution in [2.75, 3.05) is 27.7 Å². The first-order chi connectivity index (χ1) is 10.6. The number of aldehydes is 2. The normalized spacial score (nSPS) is 28.4. The molecule has 1 aromatic rings. The van der Waals surface area contributed by atoms with E-state index >= 15 is 0 Å². The molecular weight excluding hydrogens is 278 g/mol. The lowest BCUT2D eigenvalue weighted by Gasteiger charge is -2.43. The molecule has 0 N–H and O–H groups in total. The minimum atomic E-state index is -0.529. The summed E-state index contributed by atoms with van der Waals surface area (Å²) in [5.74, 6) is 0.958. The first kappa shape index (κ1) is 16.7. The number of carbonyl (C=O) groups is 2. The van der Waals surface area contributed by atoms with Crippen LogP contribution in [0.3, 0.4) is 0 Å². The summed E-state index contributed by atoms with van der Waals surface area (Å²) in [7, 11) is 5.64. The van der Waals surface area contributed by atoms with Crippen LogP contribution in [0.15, 0.2) is 24.3 Å². The highest BCUT2D eigenvalue weighted by atomic mass is 16.5. The number of rotatable bonds is 6. The lowest BCUT2D eigenvalue weighted by Crippen LogP contribution is -2.46. The second kappa shape index (κ2) is 7.05. The number of benzene rings is 1. The first-order valence-electron chi connectivity index (χ1n) is 7.76. The van der Waals surface area contributed by atoms with Crippen LogP contribution in [0.1, 0.15) is 24.8 Å². The second-order valence-electron chi connectivity index (χ2n) is 6.52. The summed E-state index contributed by atoms with van der Waals surface area (Å²) in [6.45, 7) is 0.792. The fourth-order valence-corrected chi connectivity index (χ4v) is 3.64. The summed E-state index contributed by atoms with van der Waals surface area (Å²) in [6.07, 6.45) is 4.38. The Labute approximate surface area is 132 Å². The largest absolute Gasteiger partial charge is 0.497 e. The molecule has 0 amide bonds. The Morgan fingerprint density at radius 1 is 1.36 bits per heavy atom. The van der Waals surface area contributed by atoms with Crippen LogP contribution in [0, 0.1) is 11.8 Å². The van der Waals surface area contributed by atoms with E-state index in [1.165, 1.54) is 0 Å². The van der Waals surface area contributed by atoms with Crippen LogP contribution in [-0.2, 0) is 15.0 Å². The molecule has 1 fully saturated rings. The molecule has 4 nitrogen and oxygen atoms in total. The van der Waals surface area contributed by atoms with Crippen molar-refractivity contribution in [3.63, 3.8) is 0 Å². The molecule has 1 aliphatic carbocycles. The zero-order valence-electron chi connectivity index (χ0n) is 13.6. The van der Waals surface area contributed by atoms with Gasteiger partial charge in [-0.15, -0.1) is 0 Å². The highest BCUT2D eigenvalue weighted by Gasteiger charge is 2.45. The Balaban J connectivity index is 2.42. The minimum Gasteiger partial charge on any atom is -0.497 e. The second-order valence-corrected chi connectivity index (χ2v) is 6.52. The number of methoxy groups -OCH3 is 1. The molecule has 1 saturated carbocycles. The van der Waals surface area contributed by atoms with E-state index in [-0.39, 0.29) is 11.8 Å². The van der Waals surface area contributed by atoms with Gasteiger partial charge >= 0.3 is 0 Å². The fourth-order valence-electron chi connectivity index (χ4n) is 3.64. The predicted molar refractivity (Wildman–Crippen MR) is 86.2 cm³/mol. The highest BCUT2D eigenvalue weighted by Crippen LogP contribution is 2.45. The zero-order valence-corrected chi connectivity index (χ0v) is 13.6. The minimum absolute atomic E-state index is 0.0589. The molecule has 120 valence electrons. The van der Waals surface area contributed by atoms with Gasteiger partial charge in [-0.3, -0.25) is 0 Å². The number of nitrogens with zero attached hydrogens (tertiary/aromatic N) is 1. The average molecular weight is 303 g/mol. The van der Waals surface area contributed by atoms with Crippen LogP contribution in [0.4, 0.5) is 0 Å². The standard InChI is InChI=1S/C18H25NO3/c1-19(2)11-16-9-14(12-20)7-8-18(16,13-21)15-5-4-6-17(10-15)22-3/h4-6,10,12-14,16H,7-9,11H2,1-3H3. The van der Waals surface area contributed by atoms with Crippen LogP contribution < -0.4 is 4.74 Å². The van der Waals surface area contributed by atoms with Gasteiger partial charge in [-0.1, -0.05) is 12.1 Å². The van der Waals surface area contributed by atoms with Gasteiger partial charge in [0.2, 0.25) is 0 Å². The Bertz CT molecular complexity index is 529. The molecule has 0 bridgehead atoms. The monoisotopic (exact) mass is 303 g/mol. The maximum Gasteiger partial charge on any atom is 0.130 e. The Kier molecular flexibility index (Phi) is 5.35. The van der Waals surface area contributed by atoms with Gasteiger partial charge < -0.3 is 19.2 Å². The highest BCUT2D eigenvalue weighted by molar-refractivity contribution is 5.71. The summed E-state index contributed by atoms with van der Waals surface area (Å²) in [4.78, 5) is 25.4. The van der Waals surface area contributed by atoms with E-state index in [4.69, 9.17) is 4.74 Å². The summed E-state index contributed by atoms with van der Waals surface area (Å²) in [5, 5.41) is 0. The van der Waals surface area contributed by atoms with E-state index in [0.717, 1.165) is 43.3 Å². The van der Waals surface area contributed by atoms with E-state index in [9.17, 15) is 9.59 Å². The van der Waals surface area contributed by atoms with Crippen molar-refractivity contribution in [3.05, 3.63) is 29.8 Å². The van der Waals surface area contributed by atoms with Crippen LogP contribution >= 0.6 is 0 Å². The van der Waals surface area contributed by atoms with E-state index in [0.29, 0.717) is 6.42 Å². The van der Waals surface area contributed by atoms with Crippen molar-refractivity contribution in [1.29, 1.82) is 0 Å². The van der Waals surface area contributed by atoms with E-state index < -0.39 is 5.41 Å². The zero-order chi connectivity index (χ0) is 16.2. The molecule has 0 aromatic heterocycles. The van der Waals surface area contributed by atoms with Gasteiger partial charge in [0.1, 0.15) is 18.3 Å². The molecule has 0 aliphatic heterocycles. The quantitative estimate of drug-likeness (QED) is 0.757.